The maximum atomic E-state index is 6.63. The number of thiophene rings is 1. The highest BCUT2D eigenvalue weighted by molar-refractivity contribution is 7.23. The second-order valence-electron chi connectivity index (χ2n) is 14.3. The van der Waals surface area contributed by atoms with Gasteiger partial charge in [0.1, 0.15) is 22.3 Å². The van der Waals surface area contributed by atoms with Crippen molar-refractivity contribution in [3.8, 4) is 21.6 Å². The Kier molecular flexibility index (Phi) is 6.31. The lowest BCUT2D eigenvalue weighted by atomic mass is 9.84. The zero-order valence-electron chi connectivity index (χ0n) is 29.1. The summed E-state index contributed by atoms with van der Waals surface area (Å²) >= 11 is 1.87. The first-order chi connectivity index (χ1) is 26.8. The van der Waals surface area contributed by atoms with Gasteiger partial charge in [-0.1, -0.05) is 140 Å². The number of fused-ring (bicyclic) bond motifs is 11. The Balaban J connectivity index is 1.16. The summed E-state index contributed by atoms with van der Waals surface area (Å²) in [5.74, 6) is 0. The van der Waals surface area contributed by atoms with Crippen molar-refractivity contribution in [2.75, 3.05) is 0 Å². The van der Waals surface area contributed by atoms with E-state index in [1.54, 1.807) is 0 Å². The summed E-state index contributed by atoms with van der Waals surface area (Å²) in [6.07, 6.45) is 0.768. The number of benzene rings is 9. The first-order valence-corrected chi connectivity index (χ1v) is 19.3. The van der Waals surface area contributed by atoms with Gasteiger partial charge in [-0.2, -0.15) is 0 Å². The molecule has 0 fully saturated rings. The van der Waals surface area contributed by atoms with Crippen molar-refractivity contribution in [2.45, 2.75) is 6.42 Å². The van der Waals surface area contributed by atoms with E-state index in [-0.39, 0.29) is 0 Å². The van der Waals surface area contributed by atoms with E-state index in [4.69, 9.17) is 8.83 Å². The normalized spacial score (nSPS) is 12.1. The quantitative estimate of drug-likeness (QED) is 0.170. The maximum absolute atomic E-state index is 6.63. The summed E-state index contributed by atoms with van der Waals surface area (Å²) in [7, 11) is 0. The fourth-order valence-corrected chi connectivity index (χ4v) is 10.2. The molecule has 0 amide bonds. The molecule has 0 radical (unpaired) electrons. The van der Waals surface area contributed by atoms with Gasteiger partial charge >= 0.3 is 0 Å². The lowest BCUT2D eigenvalue weighted by molar-refractivity contribution is 0.669. The molecule has 12 rings (SSSR count). The largest absolute Gasteiger partial charge is 0.456 e. The monoisotopic (exact) mass is 706 g/mol. The minimum absolute atomic E-state index is 0.768. The van der Waals surface area contributed by atoms with Gasteiger partial charge in [0.15, 0.2) is 0 Å². The molecule has 54 heavy (non-hydrogen) atoms. The molecule has 0 spiro atoms. The number of hydrogen-bond acceptors (Lipinski definition) is 3. The fraction of sp³-hybridized carbons (Fsp3) is 0.0196. The van der Waals surface area contributed by atoms with Crippen LogP contribution >= 0.6 is 11.3 Å². The molecule has 2 nitrogen and oxygen atoms in total. The van der Waals surface area contributed by atoms with Gasteiger partial charge in [0, 0.05) is 47.5 Å². The maximum Gasteiger partial charge on any atom is 0.143 e. The van der Waals surface area contributed by atoms with Crippen LogP contribution in [0.2, 0.25) is 0 Å². The lowest BCUT2D eigenvalue weighted by Crippen LogP contribution is -1.97. The number of furan rings is 2. The number of rotatable bonds is 4. The van der Waals surface area contributed by atoms with Crippen LogP contribution in [-0.4, -0.2) is 0 Å². The molecule has 3 heteroatoms. The van der Waals surface area contributed by atoms with Crippen LogP contribution in [0.25, 0.3) is 108 Å². The van der Waals surface area contributed by atoms with E-state index >= 15 is 0 Å². The molecule has 252 valence electrons. The lowest BCUT2D eigenvalue weighted by Gasteiger charge is -2.19. The van der Waals surface area contributed by atoms with Crippen molar-refractivity contribution in [3.63, 3.8) is 0 Å². The smallest absolute Gasteiger partial charge is 0.143 e. The van der Waals surface area contributed by atoms with Gasteiger partial charge in [-0.05, 0) is 85.9 Å². The third-order valence-electron chi connectivity index (χ3n) is 11.4. The molecule has 9 aromatic carbocycles. The predicted molar refractivity (Wildman–Crippen MR) is 229 cm³/mol. The molecule has 0 bridgehead atoms. The van der Waals surface area contributed by atoms with Crippen molar-refractivity contribution in [2.24, 2.45) is 0 Å². The Bertz CT molecular complexity index is 3410. The third-order valence-corrected chi connectivity index (χ3v) is 12.6. The Morgan fingerprint density at radius 1 is 0.407 bits per heavy atom. The zero-order valence-corrected chi connectivity index (χ0v) is 29.9. The predicted octanol–water partition coefficient (Wildman–Crippen LogP) is 15.1. The topological polar surface area (TPSA) is 26.3 Å². The number of hydrogen-bond donors (Lipinski definition) is 0. The van der Waals surface area contributed by atoms with E-state index in [0.717, 1.165) is 50.3 Å². The summed E-state index contributed by atoms with van der Waals surface area (Å²) in [5, 5.41) is 13.3. The van der Waals surface area contributed by atoms with Crippen LogP contribution in [0.3, 0.4) is 0 Å². The molecular formula is C51H30O2S. The summed E-state index contributed by atoms with van der Waals surface area (Å²) in [6, 6.07) is 61.4. The molecule has 0 N–H and O–H groups in total. The van der Waals surface area contributed by atoms with E-state index in [9.17, 15) is 0 Å². The molecule has 3 aromatic heterocycles. The van der Waals surface area contributed by atoms with Crippen molar-refractivity contribution >= 4 is 97.6 Å². The van der Waals surface area contributed by atoms with Gasteiger partial charge in [-0.25, -0.2) is 0 Å². The standard InChI is InChI=1S/C51H30O2S/c1-2-13-31(14-3-1)51-49(42-28-45-41(29-46(42)54-51)36-20-9-10-23-43(36)52-45)48-37-21-6-4-17-33(37)40(34-18-5-7-22-38(34)48)27-32-16-12-15-30-25-26-39-35-19-8-11-24-44(35)53-50(39)47(30)32/h1-26,28-29H,27H2. The molecule has 0 atom stereocenters. The van der Waals surface area contributed by atoms with Crippen LogP contribution in [-0.2, 0) is 6.42 Å². The minimum Gasteiger partial charge on any atom is -0.456 e. The van der Waals surface area contributed by atoms with Crippen LogP contribution in [0.15, 0.2) is 179 Å². The molecule has 0 unspecified atom stereocenters. The number of para-hydroxylation sites is 2. The van der Waals surface area contributed by atoms with Gasteiger partial charge in [0.2, 0.25) is 0 Å². The zero-order chi connectivity index (χ0) is 35.3. The van der Waals surface area contributed by atoms with Crippen LogP contribution < -0.4 is 0 Å². The van der Waals surface area contributed by atoms with Crippen LogP contribution in [0.1, 0.15) is 11.1 Å². The Morgan fingerprint density at radius 3 is 1.78 bits per heavy atom. The van der Waals surface area contributed by atoms with E-state index in [0.29, 0.717) is 0 Å². The molecular weight excluding hydrogens is 677 g/mol. The first kappa shape index (κ1) is 29.9. The molecule has 0 saturated heterocycles. The van der Waals surface area contributed by atoms with Crippen LogP contribution in [0, 0.1) is 0 Å². The summed E-state index contributed by atoms with van der Waals surface area (Å²) < 4.78 is 14.4. The Labute approximate surface area is 314 Å². The molecule has 0 aliphatic carbocycles. The van der Waals surface area contributed by atoms with E-state index < -0.39 is 0 Å². The molecule has 0 aliphatic rings. The Morgan fingerprint density at radius 2 is 1.04 bits per heavy atom. The van der Waals surface area contributed by atoms with Gasteiger partial charge in [-0.15, -0.1) is 11.3 Å². The summed E-state index contributed by atoms with van der Waals surface area (Å²) in [4.78, 5) is 1.27. The summed E-state index contributed by atoms with van der Waals surface area (Å²) in [5.41, 5.74) is 10.1. The van der Waals surface area contributed by atoms with Crippen molar-refractivity contribution < 1.29 is 8.83 Å². The first-order valence-electron chi connectivity index (χ1n) is 18.5. The van der Waals surface area contributed by atoms with Crippen molar-refractivity contribution in [3.05, 3.63) is 181 Å². The molecule has 12 aromatic rings. The van der Waals surface area contributed by atoms with Crippen molar-refractivity contribution in [1.82, 2.24) is 0 Å². The molecule has 0 saturated carbocycles. The average molecular weight is 707 g/mol. The fourth-order valence-electron chi connectivity index (χ4n) is 9.00. The highest BCUT2D eigenvalue weighted by Gasteiger charge is 2.24. The summed E-state index contributed by atoms with van der Waals surface area (Å²) in [6.45, 7) is 0. The average Bonchev–Trinajstić information content (AvgIpc) is 3.91. The van der Waals surface area contributed by atoms with Crippen LogP contribution in [0.4, 0.5) is 0 Å². The van der Waals surface area contributed by atoms with E-state index in [1.807, 2.05) is 23.5 Å². The van der Waals surface area contributed by atoms with Gasteiger partial charge < -0.3 is 8.83 Å². The Hall–Kier alpha value is -6.68. The second kappa shape index (κ2) is 11.4. The molecule has 3 heterocycles. The van der Waals surface area contributed by atoms with Gasteiger partial charge in [-0.3, -0.25) is 0 Å². The molecule has 0 aliphatic heterocycles. The van der Waals surface area contributed by atoms with Crippen LogP contribution in [0.5, 0.6) is 0 Å². The van der Waals surface area contributed by atoms with E-state index in [2.05, 4.69) is 158 Å². The van der Waals surface area contributed by atoms with Crippen molar-refractivity contribution in [1.29, 1.82) is 0 Å². The van der Waals surface area contributed by atoms with Gasteiger partial charge in [0.05, 0.1) is 0 Å². The minimum atomic E-state index is 0.768. The second-order valence-corrected chi connectivity index (χ2v) is 15.3. The third kappa shape index (κ3) is 4.27. The highest BCUT2D eigenvalue weighted by Crippen LogP contribution is 2.51. The van der Waals surface area contributed by atoms with E-state index in [1.165, 1.54) is 75.1 Å². The SMILES string of the molecule is c1ccc(-c2sc3cc4c(cc3c2-c2c3ccccc3c(Cc3cccc5ccc6c7ccccc7oc6c35)c3ccccc23)oc2ccccc24)cc1. The van der Waals surface area contributed by atoms with Gasteiger partial charge in [0.25, 0.3) is 0 Å². The highest BCUT2D eigenvalue weighted by atomic mass is 32.1.